The van der Waals surface area contributed by atoms with Gasteiger partial charge in [-0.05, 0) is 30.4 Å². The van der Waals surface area contributed by atoms with Crippen LogP contribution in [0.5, 0.6) is 0 Å². The van der Waals surface area contributed by atoms with Crippen LogP contribution in [-0.2, 0) is 0 Å². The predicted octanol–water partition coefficient (Wildman–Crippen LogP) is 3.23. The maximum absolute atomic E-state index is 12.3. The number of hydrogen-bond donors (Lipinski definition) is 1. The summed E-state index contributed by atoms with van der Waals surface area (Å²) in [7, 11) is 0. The second-order valence-electron chi connectivity index (χ2n) is 7.09. The van der Waals surface area contributed by atoms with E-state index >= 15 is 0 Å². The highest BCUT2D eigenvalue weighted by Gasteiger charge is 2.21. The number of nitrogens with one attached hydrogen (secondary N) is 1. The molecule has 3 rings (SSSR count). The number of aromatic nitrogens is 2. The molecule has 25 heavy (non-hydrogen) atoms. The lowest BCUT2D eigenvalue weighted by Crippen LogP contribution is -2.42. The summed E-state index contributed by atoms with van der Waals surface area (Å²) in [6, 6.07) is 7.43. The Balaban J connectivity index is 1.53. The largest absolute Gasteiger partial charge is 0.351 e. The van der Waals surface area contributed by atoms with E-state index in [1.165, 1.54) is 6.42 Å². The summed E-state index contributed by atoms with van der Waals surface area (Å²) in [6.45, 7) is 8.36. The molecule has 1 aromatic heterocycles. The van der Waals surface area contributed by atoms with E-state index in [4.69, 9.17) is 11.6 Å². The predicted molar refractivity (Wildman–Crippen MR) is 100 cm³/mol. The Labute approximate surface area is 154 Å². The smallest absolute Gasteiger partial charge is 0.254 e. The van der Waals surface area contributed by atoms with Crippen molar-refractivity contribution in [2.45, 2.75) is 20.3 Å². The van der Waals surface area contributed by atoms with Crippen LogP contribution in [0.2, 0.25) is 5.02 Å². The minimum Gasteiger partial charge on any atom is -0.351 e. The number of rotatable bonds is 5. The van der Waals surface area contributed by atoms with E-state index in [0.717, 1.165) is 37.2 Å². The molecule has 1 saturated heterocycles. The fraction of sp³-hybridized carbons (Fsp3) is 0.474. The lowest BCUT2D eigenvalue weighted by molar-refractivity contribution is 0.0936. The van der Waals surface area contributed by atoms with Gasteiger partial charge >= 0.3 is 0 Å². The summed E-state index contributed by atoms with van der Waals surface area (Å²) in [5.41, 5.74) is 1.31. The van der Waals surface area contributed by atoms with Gasteiger partial charge in [-0.25, -0.2) is 4.68 Å². The minimum atomic E-state index is -0.101. The second kappa shape index (κ2) is 8.02. The molecule has 1 aliphatic heterocycles. The molecule has 0 spiro atoms. The number of hydrogen-bond acceptors (Lipinski definition) is 3. The van der Waals surface area contributed by atoms with Crippen molar-refractivity contribution < 1.29 is 4.79 Å². The number of para-hydroxylation sites is 1. The van der Waals surface area contributed by atoms with Crippen LogP contribution in [0.4, 0.5) is 0 Å². The monoisotopic (exact) mass is 360 g/mol. The summed E-state index contributed by atoms with van der Waals surface area (Å²) in [5, 5.41) is 7.84. The molecule has 0 saturated carbocycles. The van der Waals surface area contributed by atoms with Crippen LogP contribution in [0.15, 0.2) is 36.7 Å². The van der Waals surface area contributed by atoms with Gasteiger partial charge in [-0.1, -0.05) is 37.6 Å². The van der Waals surface area contributed by atoms with Gasteiger partial charge in [-0.3, -0.25) is 4.79 Å². The molecule has 1 amide bonds. The molecule has 1 N–H and O–H groups in total. The molecule has 2 atom stereocenters. The standard InChI is InChI=1S/C19H25ClN4O/c1-14-9-15(2)12-23(11-14)8-7-21-19(25)16-10-22-24(13-16)18-6-4-3-5-17(18)20/h3-6,10,13-15H,7-9,11-12H2,1-2H3,(H,21,25). The Hall–Kier alpha value is -1.85. The van der Waals surface area contributed by atoms with Crippen LogP contribution in [-0.4, -0.2) is 46.8 Å². The Bertz CT molecular complexity index is 720. The molecule has 1 fully saturated rings. The van der Waals surface area contributed by atoms with Crippen LogP contribution in [0.25, 0.3) is 5.69 Å². The van der Waals surface area contributed by atoms with E-state index in [0.29, 0.717) is 17.1 Å². The third-order valence-electron chi connectivity index (χ3n) is 4.60. The molecule has 1 aliphatic rings. The van der Waals surface area contributed by atoms with Crippen LogP contribution < -0.4 is 5.32 Å². The quantitative estimate of drug-likeness (QED) is 0.890. The Morgan fingerprint density at radius 2 is 2.00 bits per heavy atom. The van der Waals surface area contributed by atoms with Gasteiger partial charge in [-0.2, -0.15) is 5.10 Å². The first-order chi connectivity index (χ1) is 12.0. The SMILES string of the molecule is CC1CC(C)CN(CCNC(=O)c2cnn(-c3ccccc3Cl)c2)C1. The topological polar surface area (TPSA) is 50.2 Å². The summed E-state index contributed by atoms with van der Waals surface area (Å²) in [6.07, 6.45) is 4.58. The van der Waals surface area contributed by atoms with Gasteiger partial charge < -0.3 is 10.2 Å². The molecule has 6 heteroatoms. The van der Waals surface area contributed by atoms with E-state index in [1.807, 2.05) is 18.2 Å². The fourth-order valence-electron chi connectivity index (χ4n) is 3.61. The van der Waals surface area contributed by atoms with Crippen molar-refractivity contribution in [1.29, 1.82) is 0 Å². The highest BCUT2D eigenvalue weighted by Crippen LogP contribution is 2.20. The van der Waals surface area contributed by atoms with Crippen molar-refractivity contribution in [1.82, 2.24) is 20.0 Å². The summed E-state index contributed by atoms with van der Waals surface area (Å²) in [5.74, 6) is 1.36. The molecule has 0 bridgehead atoms. The third kappa shape index (κ3) is 4.61. The third-order valence-corrected chi connectivity index (χ3v) is 4.92. The van der Waals surface area contributed by atoms with E-state index in [2.05, 4.69) is 29.2 Å². The first-order valence-electron chi connectivity index (χ1n) is 8.83. The molecule has 2 aromatic rings. The number of halogens is 1. The van der Waals surface area contributed by atoms with Crippen molar-refractivity contribution in [3.63, 3.8) is 0 Å². The summed E-state index contributed by atoms with van der Waals surface area (Å²) in [4.78, 5) is 14.8. The second-order valence-corrected chi connectivity index (χ2v) is 7.49. The first kappa shape index (κ1) is 18.0. The molecule has 1 aromatic carbocycles. The number of nitrogens with zero attached hydrogens (tertiary/aromatic N) is 3. The maximum Gasteiger partial charge on any atom is 0.254 e. The van der Waals surface area contributed by atoms with Crippen molar-refractivity contribution in [2.75, 3.05) is 26.2 Å². The molecule has 134 valence electrons. The summed E-state index contributed by atoms with van der Waals surface area (Å²) >= 11 is 6.17. The Morgan fingerprint density at radius 3 is 2.72 bits per heavy atom. The van der Waals surface area contributed by atoms with E-state index in [9.17, 15) is 4.79 Å². The molecule has 5 nitrogen and oxygen atoms in total. The van der Waals surface area contributed by atoms with Gasteiger partial charge in [0.15, 0.2) is 0 Å². The van der Waals surface area contributed by atoms with E-state index in [1.54, 1.807) is 23.1 Å². The molecule has 0 radical (unpaired) electrons. The summed E-state index contributed by atoms with van der Waals surface area (Å²) < 4.78 is 1.63. The lowest BCUT2D eigenvalue weighted by atomic mass is 9.92. The highest BCUT2D eigenvalue weighted by atomic mass is 35.5. The fourth-order valence-corrected chi connectivity index (χ4v) is 3.84. The van der Waals surface area contributed by atoms with Crippen molar-refractivity contribution in [2.24, 2.45) is 11.8 Å². The molecular weight excluding hydrogens is 336 g/mol. The van der Waals surface area contributed by atoms with Crippen molar-refractivity contribution >= 4 is 17.5 Å². The first-order valence-corrected chi connectivity index (χ1v) is 9.21. The highest BCUT2D eigenvalue weighted by molar-refractivity contribution is 6.32. The normalized spacial score (nSPS) is 21.2. The molecule has 2 unspecified atom stereocenters. The molecule has 2 heterocycles. The van der Waals surface area contributed by atoms with E-state index < -0.39 is 0 Å². The van der Waals surface area contributed by atoms with Crippen molar-refractivity contribution in [3.8, 4) is 5.69 Å². The number of piperidine rings is 1. The zero-order chi connectivity index (χ0) is 17.8. The van der Waals surface area contributed by atoms with Gasteiger partial charge in [0.25, 0.3) is 5.91 Å². The van der Waals surface area contributed by atoms with Gasteiger partial charge in [0.05, 0.1) is 22.5 Å². The zero-order valence-corrected chi connectivity index (χ0v) is 15.5. The van der Waals surface area contributed by atoms with Gasteiger partial charge in [0.2, 0.25) is 0 Å². The minimum absolute atomic E-state index is 0.101. The number of carbonyl (C=O) groups excluding carboxylic acids is 1. The molecule has 0 aliphatic carbocycles. The number of benzene rings is 1. The van der Waals surface area contributed by atoms with Gasteiger partial charge in [0, 0.05) is 32.4 Å². The number of likely N-dealkylation sites (tertiary alicyclic amines) is 1. The number of amides is 1. The van der Waals surface area contributed by atoms with Crippen LogP contribution in [0.3, 0.4) is 0 Å². The van der Waals surface area contributed by atoms with Gasteiger partial charge in [0.1, 0.15) is 0 Å². The Kier molecular flexibility index (Phi) is 5.76. The maximum atomic E-state index is 12.3. The van der Waals surface area contributed by atoms with Crippen LogP contribution >= 0.6 is 11.6 Å². The van der Waals surface area contributed by atoms with Crippen LogP contribution in [0, 0.1) is 11.8 Å². The number of carbonyl (C=O) groups is 1. The average Bonchev–Trinajstić information content (AvgIpc) is 3.04. The van der Waals surface area contributed by atoms with Crippen LogP contribution in [0.1, 0.15) is 30.6 Å². The Morgan fingerprint density at radius 1 is 1.28 bits per heavy atom. The lowest BCUT2D eigenvalue weighted by Gasteiger charge is -2.34. The van der Waals surface area contributed by atoms with E-state index in [-0.39, 0.29) is 5.91 Å². The molecular formula is C19H25ClN4O. The van der Waals surface area contributed by atoms with Crippen molar-refractivity contribution in [3.05, 3.63) is 47.2 Å². The van der Waals surface area contributed by atoms with Gasteiger partial charge in [-0.15, -0.1) is 0 Å². The zero-order valence-electron chi connectivity index (χ0n) is 14.8. The average molecular weight is 361 g/mol.